The minimum absolute atomic E-state index is 0.0133. The molecule has 2 aliphatic rings. The summed E-state index contributed by atoms with van der Waals surface area (Å²) in [5.74, 6) is 1.31. The van der Waals surface area contributed by atoms with Gasteiger partial charge < -0.3 is 24.6 Å². The number of rotatable bonds is 9. The van der Waals surface area contributed by atoms with Crippen LogP contribution in [0.2, 0.25) is 0 Å². The predicted octanol–water partition coefficient (Wildman–Crippen LogP) is 1.03. The highest BCUT2D eigenvalue weighted by Gasteiger charge is 2.28. The lowest BCUT2D eigenvalue weighted by molar-refractivity contribution is 0.0843. The average molecular weight is 434 g/mol. The molecule has 1 saturated carbocycles. The Balaban J connectivity index is 1.24. The lowest BCUT2D eigenvalue weighted by Crippen LogP contribution is -2.35. The van der Waals surface area contributed by atoms with Crippen molar-refractivity contribution in [3.63, 3.8) is 0 Å². The van der Waals surface area contributed by atoms with Gasteiger partial charge in [0.15, 0.2) is 11.5 Å². The first-order valence-electron chi connectivity index (χ1n) is 9.52. The molecule has 0 radical (unpaired) electrons. The maximum Gasteiger partial charge on any atom is 0.251 e. The Kier molecular flexibility index (Phi) is 5.80. The van der Waals surface area contributed by atoms with E-state index in [0.717, 1.165) is 12.8 Å². The molecule has 0 aromatic heterocycles. The molecule has 1 unspecified atom stereocenters. The second-order valence-corrected chi connectivity index (χ2v) is 8.82. The number of carbonyl (C=O) groups is 1. The van der Waals surface area contributed by atoms with E-state index < -0.39 is 22.0 Å². The van der Waals surface area contributed by atoms with Crippen LogP contribution in [0.25, 0.3) is 0 Å². The minimum atomic E-state index is -3.56. The number of carbonyl (C=O) groups excluding carboxylic acids is 1. The van der Waals surface area contributed by atoms with Crippen LogP contribution in [0, 0.1) is 0 Å². The molecular formula is C20H22N2O7S. The SMILES string of the molecule is O=C(NCC(O)COc1ccc2c(c1)OCO2)c1ccc(S(=O)(=O)NC2CC2)cc1. The Morgan fingerprint density at radius 1 is 1.13 bits per heavy atom. The number of aliphatic hydroxyl groups excluding tert-OH is 1. The number of benzene rings is 2. The first-order chi connectivity index (χ1) is 14.4. The standard InChI is InChI=1S/C20H22N2O7S/c23-15(11-27-16-5-8-18-19(9-16)29-12-28-18)10-21-20(24)13-1-6-17(7-2-13)30(25,26)22-14-3-4-14/h1-2,5-9,14-15,22-23H,3-4,10-12H2,(H,21,24). The maximum absolute atomic E-state index is 12.2. The molecule has 1 fully saturated rings. The van der Waals surface area contributed by atoms with E-state index in [1.54, 1.807) is 18.2 Å². The fourth-order valence-corrected chi connectivity index (χ4v) is 4.11. The Morgan fingerprint density at radius 2 is 1.87 bits per heavy atom. The fraction of sp³-hybridized carbons (Fsp3) is 0.350. The number of amides is 1. The molecule has 2 aromatic rings. The summed E-state index contributed by atoms with van der Waals surface area (Å²) in [7, 11) is -3.56. The molecule has 0 bridgehead atoms. The molecule has 10 heteroatoms. The van der Waals surface area contributed by atoms with Crippen LogP contribution < -0.4 is 24.2 Å². The van der Waals surface area contributed by atoms with Crippen LogP contribution in [0.3, 0.4) is 0 Å². The van der Waals surface area contributed by atoms with Gasteiger partial charge in [-0.05, 0) is 49.2 Å². The molecule has 160 valence electrons. The van der Waals surface area contributed by atoms with E-state index >= 15 is 0 Å². The summed E-state index contributed by atoms with van der Waals surface area (Å²) < 4.78 is 42.9. The molecule has 9 nitrogen and oxygen atoms in total. The van der Waals surface area contributed by atoms with Gasteiger partial charge in [0, 0.05) is 24.2 Å². The molecule has 0 saturated heterocycles. The van der Waals surface area contributed by atoms with Crippen molar-refractivity contribution in [3.05, 3.63) is 48.0 Å². The second-order valence-electron chi connectivity index (χ2n) is 7.11. The van der Waals surface area contributed by atoms with E-state index in [1.807, 2.05) is 0 Å². The molecule has 1 heterocycles. The number of ether oxygens (including phenoxy) is 3. The summed E-state index contributed by atoms with van der Waals surface area (Å²) in [5.41, 5.74) is 0.296. The molecule has 30 heavy (non-hydrogen) atoms. The Hall–Kier alpha value is -2.82. The second kappa shape index (κ2) is 8.50. The van der Waals surface area contributed by atoms with Crippen molar-refractivity contribution < 1.29 is 32.5 Å². The fourth-order valence-electron chi connectivity index (χ4n) is 2.80. The normalized spacial score (nSPS) is 16.2. The monoisotopic (exact) mass is 434 g/mol. The van der Waals surface area contributed by atoms with E-state index in [1.165, 1.54) is 24.3 Å². The molecule has 4 rings (SSSR count). The maximum atomic E-state index is 12.2. The number of hydrogen-bond acceptors (Lipinski definition) is 7. The first-order valence-corrected chi connectivity index (χ1v) is 11.0. The summed E-state index contributed by atoms with van der Waals surface area (Å²) in [6, 6.07) is 10.7. The van der Waals surface area contributed by atoms with Crippen molar-refractivity contribution in [2.45, 2.75) is 29.9 Å². The van der Waals surface area contributed by atoms with Gasteiger partial charge in [0.25, 0.3) is 5.91 Å². The minimum Gasteiger partial charge on any atom is -0.491 e. The van der Waals surface area contributed by atoms with E-state index in [0.29, 0.717) is 22.8 Å². The van der Waals surface area contributed by atoms with Gasteiger partial charge in [0.05, 0.1) is 4.90 Å². The van der Waals surface area contributed by atoms with E-state index in [2.05, 4.69) is 10.0 Å². The predicted molar refractivity (Wildman–Crippen MR) is 106 cm³/mol. The molecule has 1 amide bonds. The molecular weight excluding hydrogens is 412 g/mol. The number of fused-ring (bicyclic) bond motifs is 1. The van der Waals surface area contributed by atoms with Crippen LogP contribution >= 0.6 is 0 Å². The summed E-state index contributed by atoms with van der Waals surface area (Å²) in [5, 5.41) is 12.7. The third kappa shape index (κ3) is 5.02. The zero-order valence-electron chi connectivity index (χ0n) is 16.0. The first kappa shape index (κ1) is 20.5. The van der Waals surface area contributed by atoms with E-state index in [9.17, 15) is 18.3 Å². The highest BCUT2D eigenvalue weighted by atomic mass is 32.2. The molecule has 3 N–H and O–H groups in total. The van der Waals surface area contributed by atoms with Crippen molar-refractivity contribution in [1.29, 1.82) is 0 Å². The molecule has 1 atom stereocenters. The van der Waals surface area contributed by atoms with Crippen molar-refractivity contribution in [1.82, 2.24) is 10.0 Å². The summed E-state index contributed by atoms with van der Waals surface area (Å²) >= 11 is 0. The lowest BCUT2D eigenvalue weighted by atomic mass is 10.2. The number of sulfonamides is 1. The van der Waals surface area contributed by atoms with Gasteiger partial charge in [0.1, 0.15) is 18.5 Å². The van der Waals surface area contributed by atoms with Crippen molar-refractivity contribution in [3.8, 4) is 17.2 Å². The van der Waals surface area contributed by atoms with Crippen LogP contribution in [-0.2, 0) is 10.0 Å². The third-order valence-electron chi connectivity index (χ3n) is 4.61. The summed E-state index contributed by atoms with van der Waals surface area (Å²) in [6.07, 6.45) is 0.766. The van der Waals surface area contributed by atoms with E-state index in [-0.39, 0.29) is 30.9 Å². The average Bonchev–Trinajstić information content (AvgIpc) is 3.42. The smallest absolute Gasteiger partial charge is 0.251 e. The highest BCUT2D eigenvalue weighted by Crippen LogP contribution is 2.35. The number of nitrogens with one attached hydrogen (secondary N) is 2. The zero-order valence-corrected chi connectivity index (χ0v) is 16.9. The van der Waals surface area contributed by atoms with E-state index in [4.69, 9.17) is 14.2 Å². The Bertz CT molecular complexity index is 1020. The van der Waals surface area contributed by atoms with Gasteiger partial charge in [-0.15, -0.1) is 0 Å². The summed E-state index contributed by atoms with van der Waals surface area (Å²) in [4.78, 5) is 12.4. The van der Waals surface area contributed by atoms with Crippen LogP contribution in [-0.4, -0.2) is 51.5 Å². The number of aliphatic hydroxyl groups is 1. The van der Waals surface area contributed by atoms with Crippen molar-refractivity contribution >= 4 is 15.9 Å². The number of hydrogen-bond donors (Lipinski definition) is 3. The Labute approximate surface area is 174 Å². The van der Waals surface area contributed by atoms with Crippen LogP contribution in [0.4, 0.5) is 0 Å². The largest absolute Gasteiger partial charge is 0.491 e. The third-order valence-corrected chi connectivity index (χ3v) is 6.15. The summed E-state index contributed by atoms with van der Waals surface area (Å²) in [6.45, 7) is 0.119. The van der Waals surface area contributed by atoms with Crippen molar-refractivity contribution in [2.75, 3.05) is 19.9 Å². The van der Waals surface area contributed by atoms with Crippen LogP contribution in [0.1, 0.15) is 23.2 Å². The van der Waals surface area contributed by atoms with Crippen LogP contribution in [0.5, 0.6) is 17.2 Å². The Morgan fingerprint density at radius 3 is 2.60 bits per heavy atom. The molecule has 1 aliphatic heterocycles. The quantitative estimate of drug-likeness (QED) is 0.539. The van der Waals surface area contributed by atoms with Gasteiger partial charge in [-0.3, -0.25) is 4.79 Å². The van der Waals surface area contributed by atoms with Crippen LogP contribution in [0.15, 0.2) is 47.4 Å². The van der Waals surface area contributed by atoms with Gasteiger partial charge in [-0.2, -0.15) is 0 Å². The molecule has 2 aromatic carbocycles. The topological polar surface area (TPSA) is 123 Å². The van der Waals surface area contributed by atoms with Gasteiger partial charge in [-0.1, -0.05) is 0 Å². The highest BCUT2D eigenvalue weighted by molar-refractivity contribution is 7.89. The van der Waals surface area contributed by atoms with Gasteiger partial charge in [0.2, 0.25) is 16.8 Å². The van der Waals surface area contributed by atoms with Crippen molar-refractivity contribution in [2.24, 2.45) is 0 Å². The molecule has 1 aliphatic carbocycles. The van der Waals surface area contributed by atoms with Gasteiger partial charge in [-0.25, -0.2) is 13.1 Å². The molecule has 0 spiro atoms. The lowest BCUT2D eigenvalue weighted by Gasteiger charge is -2.14. The zero-order chi connectivity index (χ0) is 21.1. The van der Waals surface area contributed by atoms with Gasteiger partial charge >= 0.3 is 0 Å².